The Morgan fingerprint density at radius 2 is 1.40 bits per heavy atom. The number of Topliss-reactive ketones (excluding diaryl/α,β-unsaturated/α-hetero) is 3. The van der Waals surface area contributed by atoms with Crippen molar-refractivity contribution in [1.82, 2.24) is 40.4 Å². The second-order valence-corrected chi connectivity index (χ2v) is 29.7. The summed E-state index contributed by atoms with van der Waals surface area (Å²) in [6.45, 7) is 9.58. The number of hydrogen-bond acceptors (Lipinski definition) is 19. The van der Waals surface area contributed by atoms with E-state index in [0.29, 0.717) is 77.7 Å². The maximum Gasteiger partial charge on any atom is 0.416 e. The highest BCUT2D eigenvalue weighted by atomic mass is 16.6. The molecule has 6 amide bonds. The van der Waals surface area contributed by atoms with Gasteiger partial charge >= 0.3 is 6.09 Å². The van der Waals surface area contributed by atoms with Gasteiger partial charge in [-0.1, -0.05) is 85.8 Å². The van der Waals surface area contributed by atoms with Gasteiger partial charge in [0.2, 0.25) is 23.6 Å². The molecule has 0 bridgehead atoms. The Bertz CT molecular complexity index is 4700. The van der Waals surface area contributed by atoms with Crippen molar-refractivity contribution in [2.24, 2.45) is 17.3 Å². The lowest BCUT2D eigenvalue weighted by Gasteiger charge is -2.31. The van der Waals surface area contributed by atoms with E-state index in [2.05, 4.69) is 25.9 Å². The van der Waals surface area contributed by atoms with Crippen molar-refractivity contribution in [2.75, 3.05) is 57.4 Å². The van der Waals surface area contributed by atoms with Crippen molar-refractivity contribution in [1.29, 1.82) is 0 Å². The molecule has 1 unspecified atom stereocenters. The molecule has 5 aliphatic heterocycles. The number of pyridine rings is 1. The van der Waals surface area contributed by atoms with Crippen LogP contribution in [0.3, 0.4) is 0 Å². The monoisotopic (exact) mass is 1480 g/mol. The lowest BCUT2D eigenvalue weighted by molar-refractivity contribution is -0.133. The molecule has 1 spiro atoms. The van der Waals surface area contributed by atoms with Crippen molar-refractivity contribution in [2.45, 2.75) is 162 Å². The third kappa shape index (κ3) is 16.4. The average Bonchev–Trinajstić information content (AvgIpc) is 1.82. The average molecular weight is 1490 g/mol. The number of anilines is 2. The van der Waals surface area contributed by atoms with Crippen LogP contribution in [0.1, 0.15) is 160 Å². The van der Waals surface area contributed by atoms with E-state index in [1.807, 2.05) is 85.4 Å². The van der Waals surface area contributed by atoms with E-state index >= 15 is 0 Å². The van der Waals surface area contributed by atoms with Gasteiger partial charge in [0.25, 0.3) is 11.8 Å². The zero-order valence-corrected chi connectivity index (χ0v) is 62.7. The fourth-order valence-electron chi connectivity index (χ4n) is 15.3. The molecule has 6 aliphatic rings. The minimum Gasteiger partial charge on any atom is -0.493 e. The van der Waals surface area contributed by atoms with Gasteiger partial charge in [0.05, 0.1) is 82.3 Å². The van der Waals surface area contributed by atoms with Crippen LogP contribution in [-0.4, -0.2) is 160 Å². The first-order valence-corrected chi connectivity index (χ1v) is 37.3. The number of aromatic nitrogens is 4. The summed E-state index contributed by atoms with van der Waals surface area (Å²) in [5, 5.41) is 26.6. The van der Waals surface area contributed by atoms with Crippen molar-refractivity contribution in [3.05, 3.63) is 161 Å². The Kier molecular flexibility index (Phi) is 22.8. The van der Waals surface area contributed by atoms with E-state index in [4.69, 9.17) is 28.4 Å². The molecule has 3 N–H and O–H groups in total. The van der Waals surface area contributed by atoms with Crippen molar-refractivity contribution in [3.63, 3.8) is 0 Å². The Labute approximate surface area is 632 Å². The highest BCUT2D eigenvalue weighted by Crippen LogP contribution is 2.57. The topological polar surface area (TPSA) is 310 Å². The Balaban J connectivity index is 0.569. The molecule has 570 valence electrons. The van der Waals surface area contributed by atoms with E-state index in [9.17, 15) is 48.3 Å². The molecular weight excluding hydrogens is 1390 g/mol. The lowest BCUT2D eigenvalue weighted by atomic mass is 9.89. The Hall–Kier alpha value is -11.3. The molecule has 2 aromatic heterocycles. The minimum absolute atomic E-state index is 0.0222. The summed E-state index contributed by atoms with van der Waals surface area (Å²) in [4.78, 5) is 135. The molecule has 0 radical (unpaired) electrons. The summed E-state index contributed by atoms with van der Waals surface area (Å²) < 4.78 is 37.2. The number of carbonyl (C=O) groups excluding carboxylic acids is 9. The van der Waals surface area contributed by atoms with Crippen molar-refractivity contribution >= 4 is 69.9 Å². The number of carbonyl (C=O) groups is 9. The van der Waals surface area contributed by atoms with E-state index in [-0.39, 0.29) is 147 Å². The molecule has 13 rings (SSSR count). The maximum atomic E-state index is 14.5. The number of aryl methyl sites for hydroxylation is 1. The van der Waals surface area contributed by atoms with Crippen molar-refractivity contribution in [3.8, 4) is 51.4 Å². The number of aliphatic hydroxyl groups excluding tert-OH is 1. The van der Waals surface area contributed by atoms with Crippen LogP contribution in [-0.2, 0) is 59.5 Å². The first-order valence-electron chi connectivity index (χ1n) is 37.3. The summed E-state index contributed by atoms with van der Waals surface area (Å²) in [6, 6.07) is 30.8. The molecular formula is C83H92N10O16. The molecule has 109 heavy (non-hydrogen) atoms. The summed E-state index contributed by atoms with van der Waals surface area (Å²) >= 11 is 0. The second kappa shape index (κ2) is 32.7. The maximum absolute atomic E-state index is 14.5. The lowest BCUT2D eigenvalue weighted by Crippen LogP contribution is -2.50. The zero-order chi connectivity index (χ0) is 76.9. The number of fused-ring (bicyclic) bond motifs is 9. The van der Waals surface area contributed by atoms with E-state index < -0.39 is 47.9 Å². The van der Waals surface area contributed by atoms with E-state index in [1.165, 1.54) is 26.4 Å². The molecule has 26 heteroatoms. The van der Waals surface area contributed by atoms with Crippen LogP contribution in [0.2, 0.25) is 0 Å². The van der Waals surface area contributed by atoms with Crippen LogP contribution in [0, 0.1) is 17.3 Å². The standard InChI is InChI=1S/C83H92N10O16/c1-48(2)62(37-59(95)43-84-73(97)27-25-58(94)26-29-75(98)90-44-55-14-9-10-15-60(55)77-76(87-88-93(77)49(3)4)61-16-11-12-17-65(61)90)78(99)86-50(5)68(96)34-51-18-20-52(21-19-51)46-109-82(103)92-66-40-72(70(105-7)39-64(66)80(101)91-47-83(30-31-83)41-67(91)81(92)102)108-33-13-32-107-71-36-53-22-24-57-35-56(54-23-28-74(106-8)85-42-54)45-89(57)79(100)63(53)38-69(71)104-6/h9-12,14-21,23,28,36,38-40,42,45,48-50,57,62,67,81,102H,13,22,24-27,29-35,37,41,43-44,46-47H2,1-8H3,(H,84,97)(H,86,99)/t50-,57+,62-,67-,81?/m0/s1. The van der Waals surface area contributed by atoms with Gasteiger partial charge in [-0.2, -0.15) is 0 Å². The van der Waals surface area contributed by atoms with Gasteiger partial charge in [0.1, 0.15) is 18.1 Å². The summed E-state index contributed by atoms with van der Waals surface area (Å²) in [5.41, 5.74) is 9.29. The smallest absolute Gasteiger partial charge is 0.416 e. The number of ketones is 3. The third-order valence-electron chi connectivity index (χ3n) is 21.7. The van der Waals surface area contributed by atoms with Crippen LogP contribution in [0.4, 0.5) is 16.2 Å². The molecule has 5 atom stereocenters. The van der Waals surface area contributed by atoms with Crippen LogP contribution in [0.25, 0.3) is 28.1 Å². The first-order chi connectivity index (χ1) is 52.5. The summed E-state index contributed by atoms with van der Waals surface area (Å²) in [6.07, 6.45) is 5.19. The number of para-hydroxylation sites is 1. The van der Waals surface area contributed by atoms with Gasteiger partial charge in [-0.05, 0) is 134 Å². The number of methoxy groups -OCH3 is 3. The molecule has 7 aromatic rings. The molecule has 26 nitrogen and oxygen atoms in total. The van der Waals surface area contributed by atoms with Crippen LogP contribution in [0.15, 0.2) is 122 Å². The van der Waals surface area contributed by atoms with Gasteiger partial charge < -0.3 is 58.9 Å². The number of aliphatic hydroxyl groups is 1. The third-order valence-corrected chi connectivity index (χ3v) is 21.7. The zero-order valence-electron chi connectivity index (χ0n) is 62.7. The predicted molar refractivity (Wildman–Crippen MR) is 403 cm³/mol. The van der Waals surface area contributed by atoms with Crippen LogP contribution >= 0.6 is 0 Å². The fraction of sp³-hybridized carbons (Fsp3) is 0.422. The number of ether oxygens (including phenoxy) is 6. The van der Waals surface area contributed by atoms with E-state index in [0.717, 1.165) is 63.2 Å². The first kappa shape index (κ1) is 75.9. The quantitative estimate of drug-likeness (QED) is 0.0367. The number of rotatable bonds is 29. The largest absolute Gasteiger partial charge is 0.493 e. The number of hydrogen-bond donors (Lipinski definition) is 3. The van der Waals surface area contributed by atoms with Crippen LogP contribution < -0.4 is 44.1 Å². The Morgan fingerprint density at radius 3 is 2.10 bits per heavy atom. The van der Waals surface area contributed by atoms with Crippen LogP contribution in [0.5, 0.6) is 28.9 Å². The number of nitrogens with zero attached hydrogens (tertiary/aromatic N) is 8. The molecule has 1 aliphatic carbocycles. The highest BCUT2D eigenvalue weighted by molar-refractivity contribution is 6.07. The predicted octanol–water partition coefficient (Wildman–Crippen LogP) is 10.8. The molecule has 1 saturated carbocycles. The molecule has 1 saturated heterocycles. The van der Waals surface area contributed by atoms with Gasteiger partial charge in [-0.3, -0.25) is 38.4 Å². The number of amides is 6. The number of benzene rings is 5. The SMILES string of the molecule is COc1ccc(C2=CN3C(=O)c4cc(OC)c(OCCCOc5cc6c(cc5OC)C(=O)N5CC7(CC7)C[C@H]5C(O)N6C(=O)OCc5ccc(CC(=O)[C@H](C)NC(=O)[C@@H](CC(=O)CNC(=O)CCC(=O)CCC(=O)N6Cc7ccccc7-c7c(nnn7C(C)C)-c7ccccc76)C(C)C)cc5)cc4CC[C@@H]3C2)cn1. The second-order valence-electron chi connectivity index (χ2n) is 29.7. The molecule has 2 fully saturated rings. The normalized spacial score (nSPS) is 17.7. The summed E-state index contributed by atoms with van der Waals surface area (Å²) in [5.74, 6) is -2.11. The van der Waals surface area contributed by atoms with Gasteiger partial charge in [-0.15, -0.1) is 5.10 Å². The van der Waals surface area contributed by atoms with Gasteiger partial charge in [0, 0.05) is 111 Å². The molecule has 7 heterocycles. The molecule has 5 aromatic carbocycles. The van der Waals surface area contributed by atoms with Gasteiger partial charge in [-0.25, -0.2) is 19.4 Å². The Morgan fingerprint density at radius 1 is 0.706 bits per heavy atom. The van der Waals surface area contributed by atoms with E-state index in [1.54, 1.807) is 85.2 Å². The minimum atomic E-state index is -1.48. The summed E-state index contributed by atoms with van der Waals surface area (Å²) in [7, 11) is 4.54. The van der Waals surface area contributed by atoms with Gasteiger partial charge in [0.15, 0.2) is 40.8 Å². The highest BCUT2D eigenvalue weighted by Gasteiger charge is 2.58. The van der Waals surface area contributed by atoms with Crippen molar-refractivity contribution < 1.29 is 76.7 Å². The number of nitrogens with one attached hydrogen (secondary N) is 2. The fourth-order valence-corrected chi connectivity index (χ4v) is 15.3.